The molecule has 1 atom stereocenters. The highest BCUT2D eigenvalue weighted by molar-refractivity contribution is 7.08. The van der Waals surface area contributed by atoms with Gasteiger partial charge in [0.15, 0.2) is 0 Å². The quantitative estimate of drug-likeness (QED) is 0.782. The van der Waals surface area contributed by atoms with Crippen LogP contribution in [-0.2, 0) is 4.74 Å². The molecule has 0 fully saturated rings. The Kier molecular flexibility index (Phi) is 5.68. The van der Waals surface area contributed by atoms with Gasteiger partial charge < -0.3 is 10.1 Å². The number of nitrogens with one attached hydrogen (secondary N) is 1. The maximum atomic E-state index is 11.5. The summed E-state index contributed by atoms with van der Waals surface area (Å²) in [6.07, 6.45) is 0.714. The Bertz CT molecular complexity index is 290. The lowest BCUT2D eigenvalue weighted by atomic mass is 10.3. The van der Waals surface area contributed by atoms with E-state index in [4.69, 9.17) is 16.3 Å². The lowest BCUT2D eigenvalue weighted by Crippen LogP contribution is -2.26. The second-order valence-electron chi connectivity index (χ2n) is 3.11. The summed E-state index contributed by atoms with van der Waals surface area (Å²) in [5.74, 6) is -0.0440. The summed E-state index contributed by atoms with van der Waals surface area (Å²) >= 11 is 7.42. The van der Waals surface area contributed by atoms with Crippen molar-refractivity contribution < 1.29 is 9.53 Å². The van der Waals surface area contributed by atoms with E-state index < -0.39 is 0 Å². The van der Waals surface area contributed by atoms with E-state index in [-0.39, 0.29) is 11.3 Å². The van der Waals surface area contributed by atoms with Gasteiger partial charge in [0.25, 0.3) is 5.91 Å². The lowest BCUT2D eigenvalue weighted by Gasteiger charge is -2.08. The standard InChI is InChI=1S/C10H14ClNO2S/c1-14-6-9(11)2-4-12-10(13)8-3-5-15-7-8/h3,5,7,9H,2,4,6H2,1H3,(H,12,13). The van der Waals surface area contributed by atoms with Crippen LogP contribution in [-0.4, -0.2) is 31.5 Å². The normalized spacial score (nSPS) is 12.4. The first-order valence-corrected chi connectivity index (χ1v) is 6.05. The fourth-order valence-corrected chi connectivity index (χ4v) is 1.97. The van der Waals surface area contributed by atoms with Crippen LogP contribution in [0.2, 0.25) is 0 Å². The summed E-state index contributed by atoms with van der Waals surface area (Å²) in [6, 6.07) is 1.80. The Morgan fingerprint density at radius 2 is 2.53 bits per heavy atom. The second-order valence-corrected chi connectivity index (χ2v) is 4.51. The predicted molar refractivity (Wildman–Crippen MR) is 62.8 cm³/mol. The number of ether oxygens (including phenoxy) is 1. The molecule has 1 N–H and O–H groups in total. The van der Waals surface area contributed by atoms with Gasteiger partial charge in [-0.1, -0.05) is 0 Å². The van der Waals surface area contributed by atoms with E-state index in [1.807, 2.05) is 10.8 Å². The molecule has 0 aromatic carbocycles. The predicted octanol–water partition coefficient (Wildman–Crippen LogP) is 2.12. The third-order valence-corrected chi connectivity index (χ3v) is 2.90. The highest BCUT2D eigenvalue weighted by Crippen LogP contribution is 2.06. The number of rotatable bonds is 6. The molecule has 0 saturated carbocycles. The van der Waals surface area contributed by atoms with Crippen LogP contribution in [0, 0.1) is 0 Å². The molecule has 0 bridgehead atoms. The van der Waals surface area contributed by atoms with E-state index in [0.29, 0.717) is 25.1 Å². The number of carbonyl (C=O) groups is 1. The first-order valence-electron chi connectivity index (χ1n) is 4.67. The van der Waals surface area contributed by atoms with Crippen LogP contribution in [0.15, 0.2) is 16.8 Å². The number of hydrogen-bond acceptors (Lipinski definition) is 3. The van der Waals surface area contributed by atoms with Crippen molar-refractivity contribution in [2.45, 2.75) is 11.8 Å². The average Bonchev–Trinajstić information content (AvgIpc) is 2.70. The third-order valence-electron chi connectivity index (χ3n) is 1.87. The van der Waals surface area contributed by atoms with E-state index >= 15 is 0 Å². The zero-order valence-electron chi connectivity index (χ0n) is 8.53. The largest absolute Gasteiger partial charge is 0.383 e. The van der Waals surface area contributed by atoms with Crippen molar-refractivity contribution in [1.29, 1.82) is 0 Å². The Balaban J connectivity index is 2.18. The summed E-state index contributed by atoms with van der Waals surface area (Å²) in [6.45, 7) is 1.09. The highest BCUT2D eigenvalue weighted by atomic mass is 35.5. The van der Waals surface area contributed by atoms with Gasteiger partial charge in [-0.25, -0.2) is 0 Å². The number of hydrogen-bond donors (Lipinski definition) is 1. The smallest absolute Gasteiger partial charge is 0.252 e. The number of carbonyl (C=O) groups excluding carboxylic acids is 1. The van der Waals surface area contributed by atoms with Gasteiger partial charge in [0.1, 0.15) is 0 Å². The fraction of sp³-hybridized carbons (Fsp3) is 0.500. The minimum Gasteiger partial charge on any atom is -0.383 e. The molecule has 0 aliphatic heterocycles. The summed E-state index contributed by atoms with van der Waals surface area (Å²) in [5, 5.41) is 6.46. The lowest BCUT2D eigenvalue weighted by molar-refractivity contribution is 0.0952. The number of methoxy groups -OCH3 is 1. The fourth-order valence-electron chi connectivity index (χ4n) is 1.10. The van der Waals surface area contributed by atoms with E-state index in [1.54, 1.807) is 13.2 Å². The van der Waals surface area contributed by atoms with Crippen molar-refractivity contribution in [3.8, 4) is 0 Å². The molecule has 15 heavy (non-hydrogen) atoms. The monoisotopic (exact) mass is 247 g/mol. The molecule has 1 unspecified atom stereocenters. The van der Waals surface area contributed by atoms with Gasteiger partial charge in [0, 0.05) is 24.6 Å². The van der Waals surface area contributed by atoms with Gasteiger partial charge in [0.05, 0.1) is 12.0 Å². The van der Waals surface area contributed by atoms with Gasteiger partial charge in [-0.2, -0.15) is 11.3 Å². The minimum atomic E-state index is -0.0440. The van der Waals surface area contributed by atoms with E-state index in [2.05, 4.69) is 5.32 Å². The molecule has 0 radical (unpaired) electrons. The van der Waals surface area contributed by atoms with Crippen molar-refractivity contribution in [1.82, 2.24) is 5.32 Å². The minimum absolute atomic E-state index is 0.0437. The molecule has 1 aromatic rings. The zero-order valence-corrected chi connectivity index (χ0v) is 10.1. The van der Waals surface area contributed by atoms with Crippen molar-refractivity contribution in [2.24, 2.45) is 0 Å². The van der Waals surface area contributed by atoms with Crippen LogP contribution in [0.3, 0.4) is 0 Å². The summed E-state index contributed by atoms with van der Waals surface area (Å²) < 4.78 is 4.89. The van der Waals surface area contributed by atoms with E-state index in [9.17, 15) is 4.79 Å². The van der Waals surface area contributed by atoms with Crippen molar-refractivity contribution in [3.63, 3.8) is 0 Å². The van der Waals surface area contributed by atoms with Crippen LogP contribution >= 0.6 is 22.9 Å². The van der Waals surface area contributed by atoms with Crippen LogP contribution in [0.5, 0.6) is 0 Å². The van der Waals surface area contributed by atoms with E-state index in [0.717, 1.165) is 0 Å². The number of thiophene rings is 1. The molecule has 0 aliphatic rings. The van der Waals surface area contributed by atoms with Crippen LogP contribution in [0.1, 0.15) is 16.8 Å². The number of alkyl halides is 1. The molecule has 0 aliphatic carbocycles. The van der Waals surface area contributed by atoms with E-state index in [1.165, 1.54) is 11.3 Å². The zero-order chi connectivity index (χ0) is 11.1. The first-order chi connectivity index (χ1) is 7.24. The molecular weight excluding hydrogens is 234 g/mol. The van der Waals surface area contributed by atoms with Crippen molar-refractivity contribution in [3.05, 3.63) is 22.4 Å². The Labute approximate surface area is 98.4 Å². The molecule has 0 spiro atoms. The molecular formula is C10H14ClNO2S. The Hall–Kier alpha value is -0.580. The number of amides is 1. The highest BCUT2D eigenvalue weighted by Gasteiger charge is 2.07. The maximum absolute atomic E-state index is 11.5. The Morgan fingerprint density at radius 1 is 1.73 bits per heavy atom. The van der Waals surface area contributed by atoms with Gasteiger partial charge in [-0.05, 0) is 17.9 Å². The molecule has 1 amide bonds. The molecule has 5 heteroatoms. The average molecular weight is 248 g/mol. The van der Waals surface area contributed by atoms with Gasteiger partial charge in [0.2, 0.25) is 0 Å². The number of halogens is 1. The summed E-state index contributed by atoms with van der Waals surface area (Å²) in [7, 11) is 1.61. The van der Waals surface area contributed by atoms with Gasteiger partial charge in [-0.15, -0.1) is 11.6 Å². The van der Waals surface area contributed by atoms with Crippen molar-refractivity contribution in [2.75, 3.05) is 20.3 Å². The molecule has 84 valence electrons. The molecule has 0 saturated heterocycles. The maximum Gasteiger partial charge on any atom is 0.252 e. The molecule has 1 rings (SSSR count). The van der Waals surface area contributed by atoms with Crippen LogP contribution in [0.25, 0.3) is 0 Å². The first kappa shape index (κ1) is 12.5. The topological polar surface area (TPSA) is 38.3 Å². The summed E-state index contributed by atoms with van der Waals surface area (Å²) in [4.78, 5) is 11.5. The van der Waals surface area contributed by atoms with Crippen molar-refractivity contribution >= 4 is 28.8 Å². The Morgan fingerprint density at radius 3 is 3.13 bits per heavy atom. The van der Waals surface area contributed by atoms with Gasteiger partial charge in [-0.3, -0.25) is 4.79 Å². The molecule has 1 aromatic heterocycles. The second kappa shape index (κ2) is 6.82. The SMILES string of the molecule is COCC(Cl)CCNC(=O)c1ccsc1. The molecule has 1 heterocycles. The third kappa shape index (κ3) is 4.64. The van der Waals surface area contributed by atoms with Gasteiger partial charge >= 0.3 is 0 Å². The summed E-state index contributed by atoms with van der Waals surface area (Å²) in [5.41, 5.74) is 0.706. The van der Waals surface area contributed by atoms with Crippen LogP contribution < -0.4 is 5.32 Å². The van der Waals surface area contributed by atoms with Crippen LogP contribution in [0.4, 0.5) is 0 Å². The molecule has 3 nitrogen and oxygen atoms in total.